The third-order valence-corrected chi connectivity index (χ3v) is 2.99. The highest BCUT2D eigenvalue weighted by Gasteiger charge is 2.10. The van der Waals surface area contributed by atoms with Gasteiger partial charge in [-0.05, 0) is 42.5 Å². The zero-order valence-corrected chi connectivity index (χ0v) is 9.89. The van der Waals surface area contributed by atoms with Gasteiger partial charge in [0.15, 0.2) is 0 Å². The third kappa shape index (κ3) is 1.62. The number of nitrogen functional groups attached to an aromatic ring is 1. The molecule has 1 heterocycles. The van der Waals surface area contributed by atoms with Gasteiger partial charge in [-0.1, -0.05) is 0 Å². The van der Waals surface area contributed by atoms with Crippen LogP contribution >= 0.6 is 0 Å². The maximum Gasteiger partial charge on any atom is 0.123 e. The first kappa shape index (κ1) is 10.8. The lowest BCUT2D eigenvalue weighted by Crippen LogP contribution is -1.89. The van der Waals surface area contributed by atoms with Crippen molar-refractivity contribution in [2.24, 2.45) is 7.05 Å². The average Bonchev–Trinajstić information content (AvgIpc) is 2.67. The van der Waals surface area contributed by atoms with Crippen LogP contribution < -0.4 is 5.73 Å². The van der Waals surface area contributed by atoms with E-state index in [0.717, 1.165) is 22.2 Å². The number of fused-ring (bicyclic) bond motifs is 1. The van der Waals surface area contributed by atoms with E-state index >= 15 is 0 Å². The van der Waals surface area contributed by atoms with E-state index in [9.17, 15) is 4.39 Å². The maximum absolute atomic E-state index is 12.9. The lowest BCUT2D eigenvalue weighted by atomic mass is 10.1. The van der Waals surface area contributed by atoms with Crippen molar-refractivity contribution >= 4 is 16.6 Å². The molecule has 2 N–H and O–H groups in total. The number of hydrogen-bond acceptors (Lipinski definition) is 2. The summed E-state index contributed by atoms with van der Waals surface area (Å²) >= 11 is 0. The fourth-order valence-corrected chi connectivity index (χ4v) is 2.10. The normalized spacial score (nSPS) is 11.0. The first-order chi connectivity index (χ1) is 8.65. The number of hydrogen-bond donors (Lipinski definition) is 1. The second-order valence-electron chi connectivity index (χ2n) is 4.26. The molecule has 0 aliphatic carbocycles. The van der Waals surface area contributed by atoms with Crippen molar-refractivity contribution in [3.63, 3.8) is 0 Å². The first-order valence-corrected chi connectivity index (χ1v) is 5.63. The molecule has 0 saturated carbocycles. The molecular weight excluding hydrogens is 229 g/mol. The summed E-state index contributed by atoms with van der Waals surface area (Å²) in [6.45, 7) is 0. The number of nitrogens with two attached hydrogens (primary N) is 1. The Bertz CT molecular complexity index is 714. The lowest BCUT2D eigenvalue weighted by molar-refractivity contribution is 0.628. The van der Waals surface area contributed by atoms with E-state index in [4.69, 9.17) is 5.73 Å². The zero-order chi connectivity index (χ0) is 12.7. The van der Waals surface area contributed by atoms with Gasteiger partial charge in [-0.2, -0.15) is 5.10 Å². The second-order valence-corrected chi connectivity index (χ2v) is 4.26. The highest BCUT2D eigenvalue weighted by molar-refractivity contribution is 5.95. The number of benzene rings is 2. The van der Waals surface area contributed by atoms with Gasteiger partial charge in [0.2, 0.25) is 0 Å². The highest BCUT2D eigenvalue weighted by Crippen LogP contribution is 2.28. The number of halogens is 1. The van der Waals surface area contributed by atoms with Gasteiger partial charge in [0.1, 0.15) is 11.5 Å². The molecule has 0 saturated heterocycles. The Hall–Kier alpha value is -2.36. The van der Waals surface area contributed by atoms with Crippen molar-refractivity contribution in [1.29, 1.82) is 0 Å². The molecule has 18 heavy (non-hydrogen) atoms. The fraction of sp³-hybridized carbons (Fsp3) is 0.0714. The molecule has 2 aromatic carbocycles. The largest absolute Gasteiger partial charge is 0.399 e. The molecule has 1 aromatic heterocycles. The maximum atomic E-state index is 12.9. The number of rotatable bonds is 1. The summed E-state index contributed by atoms with van der Waals surface area (Å²) in [4.78, 5) is 0. The van der Waals surface area contributed by atoms with Crippen molar-refractivity contribution < 1.29 is 4.39 Å². The average molecular weight is 241 g/mol. The van der Waals surface area contributed by atoms with Crippen LogP contribution in [0.1, 0.15) is 0 Å². The van der Waals surface area contributed by atoms with Gasteiger partial charge in [0.25, 0.3) is 0 Å². The minimum atomic E-state index is -0.251. The summed E-state index contributed by atoms with van der Waals surface area (Å²) in [5.74, 6) is -0.251. The van der Waals surface area contributed by atoms with Crippen LogP contribution in [0, 0.1) is 5.82 Å². The minimum Gasteiger partial charge on any atom is -0.399 e. The molecule has 3 nitrogen and oxygen atoms in total. The molecule has 0 spiro atoms. The number of aryl methyl sites for hydroxylation is 1. The summed E-state index contributed by atoms with van der Waals surface area (Å²) in [7, 11) is 1.88. The predicted molar refractivity (Wildman–Crippen MR) is 70.5 cm³/mol. The lowest BCUT2D eigenvalue weighted by Gasteiger charge is -1.98. The van der Waals surface area contributed by atoms with E-state index in [1.807, 2.05) is 25.2 Å². The van der Waals surface area contributed by atoms with Crippen molar-refractivity contribution in [1.82, 2.24) is 9.78 Å². The topological polar surface area (TPSA) is 43.8 Å². The Balaban J connectivity index is 2.28. The second kappa shape index (κ2) is 3.84. The highest BCUT2D eigenvalue weighted by atomic mass is 19.1. The summed E-state index contributed by atoms with van der Waals surface area (Å²) in [6.07, 6.45) is 0. The molecule has 0 bridgehead atoms. The smallest absolute Gasteiger partial charge is 0.123 e. The summed E-state index contributed by atoms with van der Waals surface area (Å²) < 4.78 is 14.7. The van der Waals surface area contributed by atoms with Crippen LogP contribution in [-0.2, 0) is 7.05 Å². The molecule has 90 valence electrons. The SMILES string of the molecule is Cn1nc(-c2ccc(F)cc2)c2cc(N)ccc21. The Labute approximate surface area is 104 Å². The molecule has 4 heteroatoms. The van der Waals surface area contributed by atoms with Crippen LogP contribution in [0.5, 0.6) is 0 Å². The predicted octanol–water partition coefficient (Wildman–Crippen LogP) is 2.96. The molecule has 0 aliphatic heterocycles. The third-order valence-electron chi connectivity index (χ3n) is 2.99. The number of aromatic nitrogens is 2. The summed E-state index contributed by atoms with van der Waals surface area (Å²) in [5, 5.41) is 5.45. The van der Waals surface area contributed by atoms with E-state index in [1.54, 1.807) is 16.8 Å². The molecule has 0 atom stereocenters. The number of anilines is 1. The van der Waals surface area contributed by atoms with Crippen molar-refractivity contribution in [2.45, 2.75) is 0 Å². The molecule has 0 aliphatic rings. The first-order valence-electron chi connectivity index (χ1n) is 5.63. The van der Waals surface area contributed by atoms with Gasteiger partial charge in [0.05, 0.1) is 5.52 Å². The van der Waals surface area contributed by atoms with Crippen molar-refractivity contribution in [3.8, 4) is 11.3 Å². The molecular formula is C14H12FN3. The fourth-order valence-electron chi connectivity index (χ4n) is 2.10. The Kier molecular flexibility index (Phi) is 2.30. The summed E-state index contributed by atoms with van der Waals surface area (Å²) in [5.41, 5.74) is 9.21. The zero-order valence-electron chi connectivity index (χ0n) is 9.89. The van der Waals surface area contributed by atoms with E-state index in [2.05, 4.69) is 5.10 Å². The van der Waals surface area contributed by atoms with Crippen LogP contribution in [-0.4, -0.2) is 9.78 Å². The Morgan fingerprint density at radius 1 is 1.11 bits per heavy atom. The van der Waals surface area contributed by atoms with Crippen LogP contribution in [0.2, 0.25) is 0 Å². The quantitative estimate of drug-likeness (QED) is 0.666. The van der Waals surface area contributed by atoms with Gasteiger partial charge >= 0.3 is 0 Å². The van der Waals surface area contributed by atoms with Gasteiger partial charge in [-0.3, -0.25) is 4.68 Å². The summed E-state index contributed by atoms with van der Waals surface area (Å²) in [6, 6.07) is 12.0. The molecule has 0 radical (unpaired) electrons. The Morgan fingerprint density at radius 2 is 1.83 bits per heavy atom. The van der Waals surface area contributed by atoms with Crippen LogP contribution in [0.4, 0.5) is 10.1 Å². The van der Waals surface area contributed by atoms with Crippen LogP contribution in [0.25, 0.3) is 22.2 Å². The standard InChI is InChI=1S/C14H12FN3/c1-18-13-7-6-11(16)8-12(13)14(17-18)9-2-4-10(15)5-3-9/h2-8H,16H2,1H3. The van der Waals surface area contributed by atoms with Gasteiger partial charge in [0, 0.05) is 23.7 Å². The van der Waals surface area contributed by atoms with Gasteiger partial charge in [-0.25, -0.2) is 4.39 Å². The van der Waals surface area contributed by atoms with Gasteiger partial charge in [-0.15, -0.1) is 0 Å². The van der Waals surface area contributed by atoms with Gasteiger partial charge < -0.3 is 5.73 Å². The van der Waals surface area contributed by atoms with Crippen molar-refractivity contribution in [2.75, 3.05) is 5.73 Å². The van der Waals surface area contributed by atoms with E-state index < -0.39 is 0 Å². The van der Waals surface area contributed by atoms with Crippen molar-refractivity contribution in [3.05, 3.63) is 48.3 Å². The molecule has 3 rings (SSSR count). The Morgan fingerprint density at radius 3 is 2.56 bits per heavy atom. The molecule has 0 unspecified atom stereocenters. The van der Waals surface area contributed by atoms with Crippen LogP contribution in [0.15, 0.2) is 42.5 Å². The van der Waals surface area contributed by atoms with E-state index in [-0.39, 0.29) is 5.82 Å². The van der Waals surface area contributed by atoms with E-state index in [0.29, 0.717) is 5.69 Å². The molecule has 3 aromatic rings. The minimum absolute atomic E-state index is 0.251. The molecule has 0 amide bonds. The number of nitrogens with zero attached hydrogens (tertiary/aromatic N) is 2. The monoisotopic (exact) mass is 241 g/mol. The van der Waals surface area contributed by atoms with E-state index in [1.165, 1.54) is 12.1 Å². The van der Waals surface area contributed by atoms with Crippen LogP contribution in [0.3, 0.4) is 0 Å². The molecule has 0 fully saturated rings.